The van der Waals surface area contributed by atoms with Gasteiger partial charge in [0.2, 0.25) is 5.91 Å². The lowest BCUT2D eigenvalue weighted by Crippen LogP contribution is -2.20. The van der Waals surface area contributed by atoms with Gasteiger partial charge in [-0.25, -0.2) is 0 Å². The molecule has 1 aromatic rings. The first kappa shape index (κ1) is 9.21. The van der Waals surface area contributed by atoms with Gasteiger partial charge in [-0.2, -0.15) is 0 Å². The molecule has 0 saturated heterocycles. The summed E-state index contributed by atoms with van der Waals surface area (Å²) < 4.78 is 0. The smallest absolute Gasteiger partial charge is 0.231 e. The van der Waals surface area contributed by atoms with Gasteiger partial charge in [0.05, 0.1) is 12.5 Å². The van der Waals surface area contributed by atoms with Crippen molar-refractivity contribution in [2.75, 3.05) is 11.9 Å². The zero-order valence-corrected chi connectivity index (χ0v) is 8.32. The highest BCUT2D eigenvalue weighted by Gasteiger charge is 2.24. The number of likely N-dealkylation sites (N-methyl/N-ethyl adjacent to an activating group) is 1. The van der Waals surface area contributed by atoms with Crippen molar-refractivity contribution in [3.05, 3.63) is 29.3 Å². The van der Waals surface area contributed by atoms with Gasteiger partial charge in [0.1, 0.15) is 0 Å². The number of benzene rings is 1. The molecule has 14 heavy (non-hydrogen) atoms. The summed E-state index contributed by atoms with van der Waals surface area (Å²) in [5.41, 5.74) is 2.82. The Hall–Kier alpha value is -1.35. The number of fused-ring (bicyclic) bond motifs is 1. The number of aliphatic hydroxyl groups excluding tert-OH is 1. The lowest BCUT2D eigenvalue weighted by molar-refractivity contribution is -0.117. The van der Waals surface area contributed by atoms with Gasteiger partial charge in [0.15, 0.2) is 0 Å². The Kier molecular flexibility index (Phi) is 2.04. The third-order valence-electron chi connectivity index (χ3n) is 2.67. The zero-order chi connectivity index (χ0) is 10.3. The summed E-state index contributed by atoms with van der Waals surface area (Å²) in [7, 11) is 1.76. The minimum absolute atomic E-state index is 0.114. The Morgan fingerprint density at radius 2 is 2.21 bits per heavy atom. The second-order valence-corrected chi connectivity index (χ2v) is 3.69. The standard InChI is InChI=1S/C11H13NO2/c1-7(13)8-3-4-9-6-11(14)12(2)10(9)5-8/h3-5,7,13H,6H2,1-2H3. The molecule has 1 atom stereocenters. The highest BCUT2D eigenvalue weighted by Crippen LogP contribution is 2.30. The average Bonchev–Trinajstić information content (AvgIpc) is 2.43. The maximum atomic E-state index is 11.4. The molecule has 0 aromatic heterocycles. The number of hydrogen-bond acceptors (Lipinski definition) is 2. The van der Waals surface area contributed by atoms with Gasteiger partial charge in [-0.3, -0.25) is 4.79 Å². The number of aliphatic hydroxyl groups is 1. The van der Waals surface area contributed by atoms with Crippen molar-refractivity contribution in [2.45, 2.75) is 19.4 Å². The van der Waals surface area contributed by atoms with Crippen molar-refractivity contribution < 1.29 is 9.90 Å². The molecule has 1 N–H and O–H groups in total. The van der Waals surface area contributed by atoms with E-state index < -0.39 is 6.10 Å². The van der Waals surface area contributed by atoms with E-state index >= 15 is 0 Å². The number of carbonyl (C=O) groups is 1. The zero-order valence-electron chi connectivity index (χ0n) is 8.32. The second-order valence-electron chi connectivity index (χ2n) is 3.69. The molecule has 1 heterocycles. The highest BCUT2D eigenvalue weighted by atomic mass is 16.3. The fourth-order valence-electron chi connectivity index (χ4n) is 1.72. The molecule has 3 heteroatoms. The van der Waals surface area contributed by atoms with Gasteiger partial charge in [-0.05, 0) is 24.1 Å². The van der Waals surface area contributed by atoms with E-state index in [-0.39, 0.29) is 5.91 Å². The summed E-state index contributed by atoms with van der Waals surface area (Å²) in [4.78, 5) is 13.0. The third kappa shape index (κ3) is 1.30. The van der Waals surface area contributed by atoms with Crippen molar-refractivity contribution in [1.29, 1.82) is 0 Å². The fourth-order valence-corrected chi connectivity index (χ4v) is 1.72. The Labute approximate surface area is 83.0 Å². The van der Waals surface area contributed by atoms with E-state index in [0.29, 0.717) is 6.42 Å². The fraction of sp³-hybridized carbons (Fsp3) is 0.364. The minimum Gasteiger partial charge on any atom is -0.389 e. The van der Waals surface area contributed by atoms with Crippen LogP contribution < -0.4 is 4.90 Å². The molecule has 0 spiro atoms. The number of hydrogen-bond donors (Lipinski definition) is 1. The largest absolute Gasteiger partial charge is 0.389 e. The molecule has 2 rings (SSSR count). The summed E-state index contributed by atoms with van der Waals surface area (Å²) in [6.45, 7) is 1.72. The van der Waals surface area contributed by atoms with Crippen LogP contribution in [-0.4, -0.2) is 18.1 Å². The monoisotopic (exact) mass is 191 g/mol. The number of amides is 1. The quantitative estimate of drug-likeness (QED) is 0.726. The van der Waals surface area contributed by atoms with Gasteiger partial charge in [-0.1, -0.05) is 12.1 Å². The summed E-state index contributed by atoms with van der Waals surface area (Å²) >= 11 is 0. The van der Waals surface area contributed by atoms with E-state index in [1.165, 1.54) is 0 Å². The minimum atomic E-state index is -0.482. The predicted molar refractivity (Wildman–Crippen MR) is 54.2 cm³/mol. The highest BCUT2D eigenvalue weighted by molar-refractivity contribution is 6.00. The predicted octanol–water partition coefficient (Wildman–Crippen LogP) is 1.26. The van der Waals surface area contributed by atoms with E-state index in [4.69, 9.17) is 0 Å². The normalized spacial score (nSPS) is 17.1. The average molecular weight is 191 g/mol. The first-order valence-electron chi connectivity index (χ1n) is 4.67. The number of rotatable bonds is 1. The third-order valence-corrected chi connectivity index (χ3v) is 2.67. The van der Waals surface area contributed by atoms with Crippen molar-refractivity contribution >= 4 is 11.6 Å². The molecule has 0 radical (unpaired) electrons. The Morgan fingerprint density at radius 1 is 1.50 bits per heavy atom. The molecule has 1 aromatic carbocycles. The first-order valence-corrected chi connectivity index (χ1v) is 4.67. The molecular weight excluding hydrogens is 178 g/mol. The maximum Gasteiger partial charge on any atom is 0.231 e. The second kappa shape index (κ2) is 3.10. The van der Waals surface area contributed by atoms with E-state index in [1.807, 2.05) is 18.2 Å². The van der Waals surface area contributed by atoms with Crippen LogP contribution in [-0.2, 0) is 11.2 Å². The van der Waals surface area contributed by atoms with E-state index in [9.17, 15) is 9.90 Å². The molecule has 1 aliphatic rings. The van der Waals surface area contributed by atoms with Crippen LogP contribution in [0.4, 0.5) is 5.69 Å². The lowest BCUT2D eigenvalue weighted by atomic mass is 10.1. The Balaban J connectivity index is 2.46. The van der Waals surface area contributed by atoms with Crippen LogP contribution >= 0.6 is 0 Å². The van der Waals surface area contributed by atoms with E-state index in [2.05, 4.69) is 0 Å². The number of anilines is 1. The van der Waals surface area contributed by atoms with Crippen LogP contribution in [0.3, 0.4) is 0 Å². The summed E-state index contributed by atoms with van der Waals surface area (Å²) in [6.07, 6.45) is -0.00394. The molecule has 74 valence electrons. The van der Waals surface area contributed by atoms with Gasteiger partial charge >= 0.3 is 0 Å². The molecule has 1 aliphatic heterocycles. The van der Waals surface area contributed by atoms with Crippen molar-refractivity contribution in [1.82, 2.24) is 0 Å². The van der Waals surface area contributed by atoms with Crippen molar-refractivity contribution in [3.63, 3.8) is 0 Å². The summed E-state index contributed by atoms with van der Waals surface area (Å²) in [5.74, 6) is 0.114. The van der Waals surface area contributed by atoms with Crippen LogP contribution in [0.15, 0.2) is 18.2 Å². The van der Waals surface area contributed by atoms with Gasteiger partial charge in [0.25, 0.3) is 0 Å². The van der Waals surface area contributed by atoms with Crippen LogP contribution in [0.2, 0.25) is 0 Å². The van der Waals surface area contributed by atoms with E-state index in [0.717, 1.165) is 16.8 Å². The maximum absolute atomic E-state index is 11.4. The van der Waals surface area contributed by atoms with E-state index in [1.54, 1.807) is 18.9 Å². The first-order chi connectivity index (χ1) is 6.59. The van der Waals surface area contributed by atoms with Crippen LogP contribution in [0.5, 0.6) is 0 Å². The van der Waals surface area contributed by atoms with Crippen LogP contribution in [0.25, 0.3) is 0 Å². The number of nitrogens with zero attached hydrogens (tertiary/aromatic N) is 1. The van der Waals surface area contributed by atoms with Gasteiger partial charge < -0.3 is 10.0 Å². The van der Waals surface area contributed by atoms with Gasteiger partial charge in [-0.15, -0.1) is 0 Å². The Bertz CT molecular complexity index is 385. The van der Waals surface area contributed by atoms with Crippen molar-refractivity contribution in [2.24, 2.45) is 0 Å². The summed E-state index contributed by atoms with van der Waals surface area (Å²) in [6, 6.07) is 5.67. The molecule has 1 unspecified atom stereocenters. The molecule has 1 amide bonds. The summed E-state index contributed by atoms with van der Waals surface area (Å²) in [5, 5.41) is 9.40. The topological polar surface area (TPSA) is 40.5 Å². The van der Waals surface area contributed by atoms with Crippen LogP contribution in [0, 0.1) is 0 Å². The SMILES string of the molecule is CC(O)c1ccc2c(c1)N(C)C(=O)C2. The molecule has 0 fully saturated rings. The lowest BCUT2D eigenvalue weighted by Gasteiger charge is -2.12. The number of carbonyl (C=O) groups excluding carboxylic acids is 1. The molecular formula is C11H13NO2. The van der Waals surface area contributed by atoms with Gasteiger partial charge in [0, 0.05) is 12.7 Å². The molecule has 0 aliphatic carbocycles. The molecule has 0 saturated carbocycles. The molecule has 0 bridgehead atoms. The van der Waals surface area contributed by atoms with Crippen molar-refractivity contribution in [3.8, 4) is 0 Å². The molecule has 3 nitrogen and oxygen atoms in total. The van der Waals surface area contributed by atoms with Crippen LogP contribution in [0.1, 0.15) is 24.2 Å². The Morgan fingerprint density at radius 3 is 2.86 bits per heavy atom.